The molecule has 0 saturated heterocycles. The van der Waals surface area contributed by atoms with Crippen molar-refractivity contribution in [2.75, 3.05) is 37.1 Å². The predicted molar refractivity (Wildman–Crippen MR) is 124 cm³/mol. The predicted octanol–water partition coefficient (Wildman–Crippen LogP) is 0.644. The van der Waals surface area contributed by atoms with Crippen molar-refractivity contribution in [3.05, 3.63) is 0 Å². The molecule has 7 N–H and O–H groups in total. The molecule has 0 fully saturated rings. The maximum atomic E-state index is 9.29. The minimum Gasteiger partial charge on any atom is -0.502 e. The summed E-state index contributed by atoms with van der Waals surface area (Å²) in [5.74, 6) is -2.89. The minimum atomic E-state index is -0.881. The molecule has 0 saturated carbocycles. The summed E-state index contributed by atoms with van der Waals surface area (Å²) in [7, 11) is 0. The van der Waals surface area contributed by atoms with E-state index in [1.807, 2.05) is 13.8 Å². The summed E-state index contributed by atoms with van der Waals surface area (Å²) in [6, 6.07) is 0. The van der Waals surface area contributed by atoms with Crippen LogP contribution in [-0.2, 0) is 14.4 Å². The molecule has 0 rings (SSSR count). The molecule has 0 aromatic heterocycles. The lowest BCUT2D eigenvalue weighted by Crippen LogP contribution is -2.32. The summed E-state index contributed by atoms with van der Waals surface area (Å²) in [5.41, 5.74) is -0.667. The fourth-order valence-corrected chi connectivity index (χ4v) is 0.485. The van der Waals surface area contributed by atoms with E-state index in [-0.39, 0.29) is 42.1 Å². The van der Waals surface area contributed by atoms with Crippen LogP contribution in [0.4, 0.5) is 0 Å². The van der Waals surface area contributed by atoms with Gasteiger partial charge in [0.15, 0.2) is 5.05 Å². The molecule has 176 valence electrons. The maximum Gasteiger partial charge on any atom is 0.313 e. The number of carboxylic acid groups (broad SMARTS) is 3. The first-order chi connectivity index (χ1) is 13.3. The molecule has 0 amide bonds. The smallest absolute Gasteiger partial charge is 0.313 e. The number of hydrogen-bond acceptors (Lipinski definition) is 10. The maximum absolute atomic E-state index is 9.29. The van der Waals surface area contributed by atoms with Crippen molar-refractivity contribution in [3.8, 4) is 0 Å². The Balaban J connectivity index is -0.0000000853. The molecule has 0 aliphatic heterocycles. The topological polar surface area (TPSA) is 193 Å². The van der Waals surface area contributed by atoms with Gasteiger partial charge >= 0.3 is 17.9 Å². The van der Waals surface area contributed by atoms with Gasteiger partial charge in [-0.3, -0.25) is 14.4 Å². The average Bonchev–Trinajstić information content (AvgIpc) is 2.71. The Morgan fingerprint density at radius 3 is 0.897 bits per heavy atom. The van der Waals surface area contributed by atoms with Crippen LogP contribution in [0.1, 0.15) is 26.7 Å². The normalized spacial score (nSPS) is 8.83. The third-order valence-corrected chi connectivity index (χ3v) is 3.56. The van der Waals surface area contributed by atoms with E-state index in [0.29, 0.717) is 12.8 Å². The van der Waals surface area contributed by atoms with Crippen molar-refractivity contribution in [1.82, 2.24) is 0 Å². The fourth-order valence-electron chi connectivity index (χ4n) is 0.485. The summed E-state index contributed by atoms with van der Waals surface area (Å²) in [4.78, 5) is 27.9. The van der Waals surface area contributed by atoms with Crippen LogP contribution in [-0.4, -0.2) is 95.8 Å². The third kappa shape index (κ3) is 46.9. The number of aliphatic hydroxyl groups excluding tert-OH is 4. The quantitative estimate of drug-likeness (QED) is 0.166. The Bertz CT molecular complexity index is 344. The van der Waals surface area contributed by atoms with Gasteiger partial charge in [-0.25, -0.2) is 0 Å². The van der Waals surface area contributed by atoms with Gasteiger partial charge in [-0.2, -0.15) is 37.9 Å². The van der Waals surface area contributed by atoms with Crippen LogP contribution in [0.2, 0.25) is 0 Å². The van der Waals surface area contributed by atoms with Crippen molar-refractivity contribution in [1.29, 1.82) is 0 Å². The second-order valence-electron chi connectivity index (χ2n) is 4.73. The number of carbonyl (C=O) groups is 3. The van der Waals surface area contributed by atoms with E-state index in [1.54, 1.807) is 0 Å². The van der Waals surface area contributed by atoms with Crippen LogP contribution in [0.15, 0.2) is 0 Å². The molecule has 0 radical (unpaired) electrons. The Kier molecular flexibility index (Phi) is 39.4. The van der Waals surface area contributed by atoms with Gasteiger partial charge in [0, 0.05) is 11.8 Å². The first kappa shape index (κ1) is 38.8. The molecule has 29 heavy (non-hydrogen) atoms. The zero-order valence-electron chi connectivity index (χ0n) is 16.3. The Morgan fingerprint density at radius 1 is 0.724 bits per heavy atom. The molecule has 0 aliphatic carbocycles. The van der Waals surface area contributed by atoms with Crippen LogP contribution < -0.4 is 0 Å². The summed E-state index contributed by atoms with van der Waals surface area (Å²) in [5, 5.41) is 57.1. The Hall–Kier alpha value is -0.770. The number of thiol groups is 3. The molecule has 0 aliphatic rings. The molecule has 0 unspecified atom stereocenters. The highest BCUT2D eigenvalue weighted by Crippen LogP contribution is 2.18. The van der Waals surface area contributed by atoms with Crippen molar-refractivity contribution < 1.29 is 50.1 Å². The van der Waals surface area contributed by atoms with Crippen molar-refractivity contribution >= 4 is 73.1 Å². The van der Waals surface area contributed by atoms with Crippen LogP contribution >= 0.6 is 50.1 Å². The van der Waals surface area contributed by atoms with Gasteiger partial charge < -0.3 is 35.7 Å². The zero-order valence-corrected chi connectivity index (χ0v) is 19.8. The van der Waals surface area contributed by atoms with E-state index in [1.165, 1.54) is 0 Å². The van der Waals surface area contributed by atoms with Gasteiger partial charge in [-0.1, -0.05) is 13.8 Å². The Labute approximate surface area is 192 Å². The standard InChI is InChI=1S/C6H14O3.C3H6OS.3C2H4O2S/c1-2-6(3-7,4-8)5-9;1-2-3(4)5;3*3-2(4)1-5/h7-9H,2-5H2,1H3;2H2,1H3,(H,4,5);3*5H,1H2,(H,3,4). The van der Waals surface area contributed by atoms with E-state index < -0.39 is 23.3 Å². The molecule has 14 heteroatoms. The Morgan fingerprint density at radius 2 is 0.897 bits per heavy atom. The number of rotatable bonds is 8. The van der Waals surface area contributed by atoms with E-state index in [9.17, 15) is 14.4 Å². The van der Waals surface area contributed by atoms with Gasteiger partial charge in [0.2, 0.25) is 0 Å². The largest absolute Gasteiger partial charge is 0.502 e. The number of aliphatic carboxylic acids is 3. The highest BCUT2D eigenvalue weighted by molar-refractivity contribution is 7.81. The molecule has 0 bridgehead atoms. The molecular formula is C15H32O10S4. The average molecular weight is 501 g/mol. The molecular weight excluding hydrogens is 468 g/mol. The monoisotopic (exact) mass is 500 g/mol. The second-order valence-corrected chi connectivity index (χ2v) is 6.15. The van der Waals surface area contributed by atoms with Crippen LogP contribution in [0, 0.1) is 5.41 Å². The molecule has 0 aromatic rings. The second kappa shape index (κ2) is 29.4. The fraction of sp³-hybridized carbons (Fsp3) is 0.733. The van der Waals surface area contributed by atoms with E-state index >= 15 is 0 Å². The summed E-state index contributed by atoms with van der Waals surface area (Å²) in [6.45, 7) is 3.16. The number of hydrogen-bond donors (Lipinski definition) is 10. The van der Waals surface area contributed by atoms with Gasteiger partial charge in [-0.15, -0.1) is 0 Å². The van der Waals surface area contributed by atoms with E-state index in [4.69, 9.17) is 35.7 Å². The SMILES string of the molecule is CCC(CO)(CO)CO.CCC(O)=S.O=C(O)CS.O=C(O)CS.O=C(O)CS. The highest BCUT2D eigenvalue weighted by Gasteiger charge is 2.24. The molecule has 0 atom stereocenters. The van der Waals surface area contributed by atoms with Crippen LogP contribution in [0.3, 0.4) is 0 Å². The van der Waals surface area contributed by atoms with Gasteiger partial charge in [-0.05, 0) is 18.6 Å². The van der Waals surface area contributed by atoms with Crippen molar-refractivity contribution in [2.45, 2.75) is 26.7 Å². The third-order valence-electron chi connectivity index (χ3n) is 2.46. The lowest BCUT2D eigenvalue weighted by molar-refractivity contribution is -0.134. The summed E-state index contributed by atoms with van der Waals surface area (Å²) in [6.07, 6.45) is 1.19. The molecule has 0 spiro atoms. The summed E-state index contributed by atoms with van der Waals surface area (Å²) < 4.78 is 0. The van der Waals surface area contributed by atoms with Crippen LogP contribution in [0.5, 0.6) is 0 Å². The van der Waals surface area contributed by atoms with Crippen molar-refractivity contribution in [2.24, 2.45) is 5.41 Å². The number of thiocarbonyl (C=S) groups is 1. The van der Waals surface area contributed by atoms with E-state index in [0.717, 1.165) is 0 Å². The van der Waals surface area contributed by atoms with Gasteiger partial charge in [0.25, 0.3) is 0 Å². The zero-order chi connectivity index (χ0) is 24.5. The lowest BCUT2D eigenvalue weighted by Gasteiger charge is -2.24. The van der Waals surface area contributed by atoms with Crippen molar-refractivity contribution in [3.63, 3.8) is 0 Å². The van der Waals surface area contributed by atoms with E-state index in [2.05, 4.69) is 50.1 Å². The van der Waals surface area contributed by atoms with Crippen LogP contribution in [0.25, 0.3) is 0 Å². The van der Waals surface area contributed by atoms with Gasteiger partial charge in [0.1, 0.15) is 0 Å². The molecule has 0 heterocycles. The number of carboxylic acids is 3. The molecule has 0 aromatic carbocycles. The van der Waals surface area contributed by atoms with Gasteiger partial charge in [0.05, 0.1) is 37.1 Å². The first-order valence-corrected chi connectivity index (χ1v) is 10.2. The molecule has 10 nitrogen and oxygen atoms in total. The highest BCUT2D eigenvalue weighted by atomic mass is 32.1. The summed E-state index contributed by atoms with van der Waals surface area (Å²) >= 11 is 14.5. The lowest BCUT2D eigenvalue weighted by atomic mass is 9.88. The minimum absolute atomic E-state index is 0.0833. The number of aliphatic hydroxyl groups is 4. The first-order valence-electron chi connectivity index (χ1n) is 7.85.